The summed E-state index contributed by atoms with van der Waals surface area (Å²) in [7, 11) is 0. The summed E-state index contributed by atoms with van der Waals surface area (Å²) in [5.41, 5.74) is 0. The SMILES string of the molecule is CCCCCCCCCCCCCCO[C@@H]1[C@H]2OC(C)(C)O[C@H]2O[C@@H]1[C@H](O)CO. The molecule has 2 aliphatic heterocycles. The van der Waals surface area contributed by atoms with E-state index in [0.29, 0.717) is 6.61 Å². The van der Waals surface area contributed by atoms with E-state index >= 15 is 0 Å². The molecule has 2 fully saturated rings. The van der Waals surface area contributed by atoms with Gasteiger partial charge in [0.25, 0.3) is 0 Å². The molecule has 0 aromatic carbocycles. The van der Waals surface area contributed by atoms with Gasteiger partial charge in [0.05, 0.1) is 6.61 Å². The lowest BCUT2D eigenvalue weighted by Gasteiger charge is -2.28. The maximum Gasteiger partial charge on any atom is 0.190 e. The highest BCUT2D eigenvalue weighted by Crippen LogP contribution is 2.39. The van der Waals surface area contributed by atoms with Gasteiger partial charge in [0, 0.05) is 6.61 Å². The molecular weight excluding hydrogens is 372 g/mol. The highest BCUT2D eigenvalue weighted by molar-refractivity contribution is 4.96. The molecule has 0 radical (unpaired) electrons. The Balaban J connectivity index is 1.54. The Kier molecular flexibility index (Phi) is 11.4. The van der Waals surface area contributed by atoms with E-state index in [2.05, 4.69) is 6.92 Å². The van der Waals surface area contributed by atoms with Gasteiger partial charge in [-0.15, -0.1) is 0 Å². The minimum absolute atomic E-state index is 0.367. The Morgan fingerprint density at radius 3 is 1.97 bits per heavy atom. The first kappa shape index (κ1) is 25.0. The highest BCUT2D eigenvalue weighted by atomic mass is 16.8. The van der Waals surface area contributed by atoms with Crippen molar-refractivity contribution in [2.24, 2.45) is 0 Å². The van der Waals surface area contributed by atoms with Gasteiger partial charge in [-0.3, -0.25) is 0 Å². The van der Waals surface area contributed by atoms with Crippen LogP contribution in [0.25, 0.3) is 0 Å². The van der Waals surface area contributed by atoms with Crippen molar-refractivity contribution in [3.05, 3.63) is 0 Å². The average molecular weight is 417 g/mol. The number of aliphatic hydroxyl groups excluding tert-OH is 2. The second-order valence-corrected chi connectivity index (χ2v) is 9.04. The molecule has 2 rings (SSSR count). The molecule has 0 aromatic heterocycles. The summed E-state index contributed by atoms with van der Waals surface area (Å²) in [4.78, 5) is 0. The third-order valence-corrected chi connectivity index (χ3v) is 5.90. The maximum absolute atomic E-state index is 10.1. The number of hydrogen-bond acceptors (Lipinski definition) is 6. The molecule has 0 bridgehead atoms. The molecule has 0 amide bonds. The molecule has 5 atom stereocenters. The number of rotatable bonds is 16. The van der Waals surface area contributed by atoms with Gasteiger partial charge in [0.15, 0.2) is 12.1 Å². The number of unbranched alkanes of at least 4 members (excludes halogenated alkanes) is 11. The number of fused-ring (bicyclic) bond motifs is 1. The molecule has 0 spiro atoms. The summed E-state index contributed by atoms with van der Waals surface area (Å²) in [6.45, 7) is 6.18. The molecule has 0 aliphatic carbocycles. The van der Waals surface area contributed by atoms with E-state index < -0.39 is 30.4 Å². The summed E-state index contributed by atoms with van der Waals surface area (Å²) < 4.78 is 23.4. The average Bonchev–Trinajstić information content (AvgIpc) is 3.17. The van der Waals surface area contributed by atoms with Gasteiger partial charge in [-0.2, -0.15) is 0 Å². The van der Waals surface area contributed by atoms with Gasteiger partial charge < -0.3 is 29.2 Å². The molecule has 2 aliphatic rings. The molecule has 0 aromatic rings. The normalized spacial score (nSPS) is 29.3. The van der Waals surface area contributed by atoms with Crippen molar-refractivity contribution in [1.82, 2.24) is 0 Å². The number of hydrogen-bond donors (Lipinski definition) is 2. The Labute approximate surface area is 177 Å². The predicted octanol–water partition coefficient (Wildman–Crippen LogP) is 4.30. The lowest BCUT2D eigenvalue weighted by atomic mass is 10.0. The van der Waals surface area contributed by atoms with E-state index in [9.17, 15) is 10.2 Å². The van der Waals surface area contributed by atoms with E-state index in [-0.39, 0.29) is 12.7 Å². The van der Waals surface area contributed by atoms with Crippen LogP contribution in [-0.4, -0.2) is 59.9 Å². The zero-order valence-corrected chi connectivity index (χ0v) is 18.8. The summed E-state index contributed by atoms with van der Waals surface area (Å²) in [6, 6.07) is 0. The second-order valence-electron chi connectivity index (χ2n) is 9.04. The minimum atomic E-state index is -0.997. The van der Waals surface area contributed by atoms with Crippen LogP contribution in [0.1, 0.15) is 97.8 Å². The van der Waals surface area contributed by atoms with Crippen molar-refractivity contribution in [2.75, 3.05) is 13.2 Å². The van der Waals surface area contributed by atoms with Crippen LogP contribution in [0.15, 0.2) is 0 Å². The van der Waals surface area contributed by atoms with Crippen molar-refractivity contribution < 1.29 is 29.2 Å². The Morgan fingerprint density at radius 1 is 0.862 bits per heavy atom. The molecule has 0 saturated carbocycles. The van der Waals surface area contributed by atoms with Crippen LogP contribution in [0.3, 0.4) is 0 Å². The van der Waals surface area contributed by atoms with Crippen molar-refractivity contribution in [2.45, 2.75) is 134 Å². The van der Waals surface area contributed by atoms with Gasteiger partial charge in [-0.25, -0.2) is 0 Å². The Bertz CT molecular complexity index is 430. The maximum atomic E-state index is 10.1. The van der Waals surface area contributed by atoms with Crippen molar-refractivity contribution in [1.29, 1.82) is 0 Å². The topological polar surface area (TPSA) is 77.4 Å². The lowest BCUT2D eigenvalue weighted by molar-refractivity contribution is -0.231. The second kappa shape index (κ2) is 13.2. The van der Waals surface area contributed by atoms with Crippen molar-refractivity contribution in [3.8, 4) is 0 Å². The fourth-order valence-electron chi connectivity index (χ4n) is 4.27. The van der Waals surface area contributed by atoms with Crippen LogP contribution < -0.4 is 0 Å². The van der Waals surface area contributed by atoms with E-state index in [4.69, 9.17) is 18.9 Å². The van der Waals surface area contributed by atoms with Crippen molar-refractivity contribution in [3.63, 3.8) is 0 Å². The number of ether oxygens (including phenoxy) is 4. The summed E-state index contributed by atoms with van der Waals surface area (Å²) >= 11 is 0. The fraction of sp³-hybridized carbons (Fsp3) is 1.00. The van der Waals surface area contributed by atoms with Gasteiger partial charge in [0.2, 0.25) is 0 Å². The first-order valence-corrected chi connectivity index (χ1v) is 11.9. The molecular formula is C23H44O6. The third-order valence-electron chi connectivity index (χ3n) is 5.90. The zero-order chi connectivity index (χ0) is 21.1. The predicted molar refractivity (Wildman–Crippen MR) is 113 cm³/mol. The van der Waals surface area contributed by atoms with Crippen LogP contribution in [0.4, 0.5) is 0 Å². The minimum Gasteiger partial charge on any atom is -0.394 e. The molecule has 2 N–H and O–H groups in total. The largest absolute Gasteiger partial charge is 0.394 e. The van der Waals surface area contributed by atoms with Crippen LogP contribution in [-0.2, 0) is 18.9 Å². The smallest absolute Gasteiger partial charge is 0.190 e. The first-order chi connectivity index (χ1) is 14.0. The van der Waals surface area contributed by atoms with Crippen LogP contribution >= 0.6 is 0 Å². The summed E-state index contributed by atoms with van der Waals surface area (Å²) in [5.74, 6) is -0.720. The first-order valence-electron chi connectivity index (χ1n) is 11.9. The van der Waals surface area contributed by atoms with E-state index in [0.717, 1.165) is 12.8 Å². The van der Waals surface area contributed by atoms with Crippen molar-refractivity contribution >= 4 is 0 Å². The third kappa shape index (κ3) is 8.42. The fourth-order valence-corrected chi connectivity index (χ4v) is 4.27. The molecule has 172 valence electrons. The monoisotopic (exact) mass is 416 g/mol. The van der Waals surface area contributed by atoms with Crippen LogP contribution in [0.2, 0.25) is 0 Å². The molecule has 29 heavy (non-hydrogen) atoms. The molecule has 2 heterocycles. The highest BCUT2D eigenvalue weighted by Gasteiger charge is 2.56. The van der Waals surface area contributed by atoms with Gasteiger partial charge in [-0.05, 0) is 20.3 Å². The summed E-state index contributed by atoms with van der Waals surface area (Å²) in [5, 5.41) is 19.3. The van der Waals surface area contributed by atoms with Gasteiger partial charge >= 0.3 is 0 Å². The Morgan fingerprint density at radius 2 is 1.41 bits per heavy atom. The van der Waals surface area contributed by atoms with Gasteiger partial charge in [0.1, 0.15) is 24.4 Å². The van der Waals surface area contributed by atoms with Crippen LogP contribution in [0.5, 0.6) is 0 Å². The Hall–Kier alpha value is -0.240. The lowest BCUT2D eigenvalue weighted by Crippen LogP contribution is -2.44. The van der Waals surface area contributed by atoms with E-state index in [1.165, 1.54) is 64.2 Å². The molecule has 2 saturated heterocycles. The van der Waals surface area contributed by atoms with E-state index in [1.54, 1.807) is 0 Å². The molecule has 6 heteroatoms. The quantitative estimate of drug-likeness (QED) is 0.365. The number of aliphatic hydroxyl groups is 2. The molecule has 6 nitrogen and oxygen atoms in total. The summed E-state index contributed by atoms with van der Waals surface area (Å²) in [6.07, 6.45) is 12.7. The molecule has 0 unspecified atom stereocenters. The zero-order valence-electron chi connectivity index (χ0n) is 18.8. The van der Waals surface area contributed by atoms with Crippen LogP contribution in [0, 0.1) is 0 Å². The van der Waals surface area contributed by atoms with Gasteiger partial charge in [-0.1, -0.05) is 77.6 Å². The van der Waals surface area contributed by atoms with E-state index in [1.807, 2.05) is 13.8 Å². The standard InChI is InChI=1S/C23H44O6/c1-4-5-6-7-8-9-10-11-12-13-14-15-16-26-20-19(18(25)17-24)27-22-21(20)28-23(2,3)29-22/h18-22,24-25H,4-17H2,1-3H3/t18-,19-,20+,21-,22-/m1/s1.